The lowest BCUT2D eigenvalue weighted by Gasteiger charge is -2.11. The number of nitrogens with zero attached hydrogens (tertiary/aromatic N) is 3. The van der Waals surface area contributed by atoms with Crippen LogP contribution in [-0.2, 0) is 4.79 Å². The zero-order valence-electron chi connectivity index (χ0n) is 15.8. The van der Waals surface area contributed by atoms with E-state index in [9.17, 15) is 4.79 Å². The highest BCUT2D eigenvalue weighted by Crippen LogP contribution is 2.33. The van der Waals surface area contributed by atoms with Gasteiger partial charge in [0.15, 0.2) is 5.17 Å². The van der Waals surface area contributed by atoms with Crippen LogP contribution in [0, 0.1) is 0 Å². The Bertz CT molecular complexity index is 1160. The fraction of sp³-hybridized carbons (Fsp3) is 0.143. The highest BCUT2D eigenvalue weighted by Gasteiger charge is 2.24. The number of amides is 1. The first kappa shape index (κ1) is 19.4. The molecular formula is C21H18ClN5OS. The predicted molar refractivity (Wildman–Crippen MR) is 121 cm³/mol. The molecule has 0 unspecified atom stereocenters. The van der Waals surface area contributed by atoms with E-state index in [2.05, 4.69) is 39.4 Å². The second-order valence-electron chi connectivity index (χ2n) is 6.75. The summed E-state index contributed by atoms with van der Waals surface area (Å²) in [6.07, 6.45) is 5.11. The molecule has 2 aromatic carbocycles. The van der Waals surface area contributed by atoms with Crippen molar-refractivity contribution in [2.75, 3.05) is 5.32 Å². The number of aromatic nitrogens is 2. The Morgan fingerprint density at radius 2 is 1.93 bits per heavy atom. The molecule has 0 spiro atoms. The zero-order valence-corrected chi connectivity index (χ0v) is 17.4. The third kappa shape index (κ3) is 4.58. The summed E-state index contributed by atoms with van der Waals surface area (Å²) < 4.78 is 0. The lowest BCUT2D eigenvalue weighted by Crippen LogP contribution is -2.19. The third-order valence-corrected chi connectivity index (χ3v) is 5.29. The smallest absolute Gasteiger partial charge is 0.264 e. The summed E-state index contributed by atoms with van der Waals surface area (Å²) in [7, 11) is 0. The number of rotatable bonds is 4. The number of fused-ring (bicyclic) bond motifs is 1. The van der Waals surface area contributed by atoms with Crippen molar-refractivity contribution in [1.29, 1.82) is 0 Å². The maximum atomic E-state index is 12.4. The second-order valence-corrected chi connectivity index (χ2v) is 8.19. The highest BCUT2D eigenvalue weighted by molar-refractivity contribution is 8.18. The molecule has 1 aromatic heterocycles. The Kier molecular flexibility index (Phi) is 5.51. The fourth-order valence-corrected chi connectivity index (χ4v) is 3.83. The number of nitrogens with one attached hydrogen (secondary N) is 2. The van der Waals surface area contributed by atoms with Gasteiger partial charge in [0.25, 0.3) is 5.91 Å². The minimum absolute atomic E-state index is 0.194. The number of benzene rings is 2. The normalized spacial score (nSPS) is 16.8. The average Bonchev–Trinajstić information content (AvgIpc) is 3.03. The number of thioether (sulfide) groups is 1. The molecule has 0 radical (unpaired) electrons. The minimum Gasteiger partial charge on any atom is -0.383 e. The van der Waals surface area contributed by atoms with E-state index >= 15 is 0 Å². The number of hydrogen-bond donors (Lipinski definition) is 2. The van der Waals surface area contributed by atoms with Crippen LogP contribution >= 0.6 is 23.4 Å². The van der Waals surface area contributed by atoms with Gasteiger partial charge in [-0.05, 0) is 67.6 Å². The molecule has 2 N–H and O–H groups in total. The van der Waals surface area contributed by atoms with Crippen molar-refractivity contribution in [2.45, 2.75) is 19.9 Å². The number of amidine groups is 1. The summed E-state index contributed by atoms with van der Waals surface area (Å²) in [5.41, 5.74) is 3.98. The quantitative estimate of drug-likeness (QED) is 0.577. The molecule has 146 valence electrons. The predicted octanol–water partition coefficient (Wildman–Crippen LogP) is 5.00. The van der Waals surface area contributed by atoms with Crippen molar-refractivity contribution in [3.63, 3.8) is 0 Å². The van der Waals surface area contributed by atoms with E-state index in [0.717, 1.165) is 22.3 Å². The van der Waals surface area contributed by atoms with Crippen LogP contribution in [0.5, 0.6) is 0 Å². The minimum atomic E-state index is -0.194. The van der Waals surface area contributed by atoms with Crippen molar-refractivity contribution in [2.24, 2.45) is 4.99 Å². The molecule has 1 amide bonds. The molecule has 1 aliphatic heterocycles. The second kappa shape index (κ2) is 8.23. The lowest BCUT2D eigenvalue weighted by molar-refractivity contribution is -0.115. The molecule has 1 saturated heterocycles. The maximum absolute atomic E-state index is 12.4. The van der Waals surface area contributed by atoms with E-state index in [1.807, 2.05) is 36.4 Å². The Labute approximate surface area is 177 Å². The molecule has 3 aromatic rings. The van der Waals surface area contributed by atoms with Crippen LogP contribution in [0.4, 0.5) is 11.4 Å². The number of aliphatic imine (C=N–C) groups is 1. The summed E-state index contributed by atoms with van der Waals surface area (Å²) in [5.74, 6) is -0.194. The van der Waals surface area contributed by atoms with Gasteiger partial charge in [0.1, 0.15) is 0 Å². The van der Waals surface area contributed by atoms with Crippen LogP contribution in [0.2, 0.25) is 5.02 Å². The molecule has 0 bridgehead atoms. The first-order valence-electron chi connectivity index (χ1n) is 9.04. The van der Waals surface area contributed by atoms with Gasteiger partial charge < -0.3 is 10.6 Å². The van der Waals surface area contributed by atoms with Gasteiger partial charge in [-0.1, -0.05) is 17.7 Å². The van der Waals surface area contributed by atoms with E-state index < -0.39 is 0 Å². The Hall–Kier alpha value is -2.90. The Morgan fingerprint density at radius 3 is 2.72 bits per heavy atom. The molecule has 1 aliphatic rings. The molecule has 29 heavy (non-hydrogen) atoms. The number of carbonyl (C=O) groups is 1. The zero-order chi connectivity index (χ0) is 20.4. The lowest BCUT2D eigenvalue weighted by atomic mass is 10.2. The van der Waals surface area contributed by atoms with Gasteiger partial charge in [-0.3, -0.25) is 14.8 Å². The van der Waals surface area contributed by atoms with Crippen molar-refractivity contribution >= 4 is 62.9 Å². The molecule has 4 rings (SSSR count). The SMILES string of the molecule is CC(C)Nc1ccc(Cl)c(N=C2NC(=O)C(=Cc3ccc4nccnc4c3)S2)c1. The van der Waals surface area contributed by atoms with E-state index in [1.54, 1.807) is 18.5 Å². The van der Waals surface area contributed by atoms with Gasteiger partial charge in [-0.15, -0.1) is 0 Å². The highest BCUT2D eigenvalue weighted by atomic mass is 35.5. The monoisotopic (exact) mass is 423 g/mol. The van der Waals surface area contributed by atoms with Crippen LogP contribution in [-0.4, -0.2) is 27.1 Å². The van der Waals surface area contributed by atoms with Gasteiger partial charge in [0, 0.05) is 24.1 Å². The number of halogens is 1. The summed E-state index contributed by atoms with van der Waals surface area (Å²) in [6.45, 7) is 4.12. The van der Waals surface area contributed by atoms with Crippen LogP contribution in [0.15, 0.2) is 58.7 Å². The molecule has 0 saturated carbocycles. The summed E-state index contributed by atoms with van der Waals surface area (Å²) >= 11 is 7.56. The topological polar surface area (TPSA) is 79.3 Å². The fourth-order valence-electron chi connectivity index (χ4n) is 2.83. The molecule has 6 nitrogen and oxygen atoms in total. The standard InChI is InChI=1S/C21H18ClN5OS/c1-12(2)25-14-4-5-15(22)17(11-14)26-21-27-20(28)19(29-21)10-13-3-6-16-18(9-13)24-8-7-23-16/h3-12,25H,1-2H3,(H,26,27,28). The number of hydrogen-bond acceptors (Lipinski definition) is 6. The number of carbonyl (C=O) groups excluding carboxylic acids is 1. The van der Waals surface area contributed by atoms with Gasteiger partial charge in [0.2, 0.25) is 0 Å². The van der Waals surface area contributed by atoms with Crippen LogP contribution in [0.3, 0.4) is 0 Å². The summed E-state index contributed by atoms with van der Waals surface area (Å²) in [4.78, 5) is 26.0. The van der Waals surface area contributed by atoms with Crippen molar-refractivity contribution in [3.05, 3.63) is 64.3 Å². The first-order chi connectivity index (χ1) is 14.0. The molecule has 0 aliphatic carbocycles. The molecule has 2 heterocycles. The van der Waals surface area contributed by atoms with E-state index in [0.29, 0.717) is 26.8 Å². The first-order valence-corrected chi connectivity index (χ1v) is 10.2. The summed E-state index contributed by atoms with van der Waals surface area (Å²) in [5, 5.41) is 7.13. The van der Waals surface area contributed by atoms with Crippen LogP contribution in [0.1, 0.15) is 19.4 Å². The van der Waals surface area contributed by atoms with Gasteiger partial charge >= 0.3 is 0 Å². The average molecular weight is 424 g/mol. The van der Waals surface area contributed by atoms with Gasteiger partial charge in [-0.25, -0.2) is 4.99 Å². The van der Waals surface area contributed by atoms with Crippen molar-refractivity contribution < 1.29 is 4.79 Å². The Balaban J connectivity index is 1.59. The summed E-state index contributed by atoms with van der Waals surface area (Å²) in [6, 6.07) is 11.5. The van der Waals surface area contributed by atoms with Crippen LogP contribution in [0.25, 0.3) is 17.1 Å². The Morgan fingerprint density at radius 1 is 1.14 bits per heavy atom. The van der Waals surface area contributed by atoms with Crippen LogP contribution < -0.4 is 10.6 Å². The number of anilines is 1. The maximum Gasteiger partial charge on any atom is 0.264 e. The third-order valence-electron chi connectivity index (χ3n) is 4.07. The van der Waals surface area contributed by atoms with Gasteiger partial charge in [0.05, 0.1) is 26.6 Å². The largest absolute Gasteiger partial charge is 0.383 e. The van der Waals surface area contributed by atoms with Crippen molar-refractivity contribution in [1.82, 2.24) is 15.3 Å². The van der Waals surface area contributed by atoms with Gasteiger partial charge in [-0.2, -0.15) is 0 Å². The van der Waals surface area contributed by atoms with Crippen molar-refractivity contribution in [3.8, 4) is 0 Å². The molecular weight excluding hydrogens is 406 g/mol. The van der Waals surface area contributed by atoms with E-state index in [-0.39, 0.29) is 5.91 Å². The van der Waals surface area contributed by atoms with E-state index in [4.69, 9.17) is 11.6 Å². The van der Waals surface area contributed by atoms with E-state index in [1.165, 1.54) is 11.8 Å². The molecule has 1 fully saturated rings. The molecule has 8 heteroatoms. The molecule has 0 atom stereocenters.